The lowest BCUT2D eigenvalue weighted by atomic mass is 9.82. The highest BCUT2D eigenvalue weighted by Gasteiger charge is 2.35. The first-order valence-corrected chi connectivity index (χ1v) is 16.5. The predicted molar refractivity (Wildman–Crippen MR) is 200 cm³/mol. The average molecular weight is 627 g/mol. The first-order chi connectivity index (χ1) is 23.9. The van der Waals surface area contributed by atoms with Crippen molar-refractivity contribution >= 4 is 27.2 Å². The smallest absolute Gasteiger partial charge is 0.187 e. The minimum atomic E-state index is -0.130. The minimum Gasteiger partial charge on any atom is -0.238 e. The molecule has 0 amide bonds. The number of nitrogens with zero attached hydrogens (tertiary/aromatic N) is 4. The molecule has 0 radical (unpaired) electrons. The Labute approximate surface area is 285 Å². The molecule has 0 atom stereocenters. The quantitative estimate of drug-likeness (QED) is 0.183. The molecule has 1 aromatic heterocycles. The Morgan fingerprint density at radius 3 is 1.49 bits per heavy atom. The number of hydrogen-bond donors (Lipinski definition) is 0. The third-order valence-electron chi connectivity index (χ3n) is 9.89. The molecule has 0 fully saturated rings. The van der Waals surface area contributed by atoms with Crippen molar-refractivity contribution in [3.05, 3.63) is 168 Å². The number of aromatic nitrogens is 3. The van der Waals surface area contributed by atoms with Crippen LogP contribution in [-0.2, 0) is 5.41 Å². The summed E-state index contributed by atoms with van der Waals surface area (Å²) >= 11 is 0. The van der Waals surface area contributed by atoms with E-state index in [1.165, 1.54) is 27.5 Å². The summed E-state index contributed by atoms with van der Waals surface area (Å²) in [7, 11) is 0. The zero-order valence-electron chi connectivity index (χ0n) is 27.1. The predicted octanol–water partition coefficient (Wildman–Crippen LogP) is 11.7. The van der Waals surface area contributed by atoms with Gasteiger partial charge in [0, 0.05) is 22.1 Å². The number of fused-ring (bicyclic) bond motifs is 5. The maximum Gasteiger partial charge on any atom is 0.187 e. The number of hydrogen-bond acceptors (Lipinski definition) is 3. The van der Waals surface area contributed by atoms with Crippen molar-refractivity contribution in [1.82, 2.24) is 15.0 Å². The molecule has 0 saturated heterocycles. The van der Waals surface area contributed by atoms with E-state index >= 15 is 0 Å². The van der Waals surface area contributed by atoms with Crippen LogP contribution in [0.1, 0.15) is 25.0 Å². The normalized spacial score (nSPS) is 12.8. The lowest BCUT2D eigenvalue weighted by Crippen LogP contribution is -2.14. The lowest BCUT2D eigenvalue weighted by Gasteiger charge is -2.21. The van der Waals surface area contributed by atoms with Crippen LogP contribution >= 0.6 is 0 Å². The summed E-state index contributed by atoms with van der Waals surface area (Å²) in [6.07, 6.45) is 0. The van der Waals surface area contributed by atoms with Crippen LogP contribution in [0.3, 0.4) is 0 Å². The van der Waals surface area contributed by atoms with Crippen LogP contribution in [0, 0.1) is 6.57 Å². The summed E-state index contributed by atoms with van der Waals surface area (Å²) in [5.41, 5.74) is 10.4. The molecule has 0 saturated carbocycles. The summed E-state index contributed by atoms with van der Waals surface area (Å²) in [6, 6.07) is 50.7. The van der Waals surface area contributed by atoms with Crippen molar-refractivity contribution in [2.45, 2.75) is 19.3 Å². The SMILES string of the molecule is [C-]#[N+]c1ccc2c(c1)-c1cc(-c3cccc(-c4nc(-c5ccc6ccccc6c5)nc(-c5ccc6ccccc6c5)n4)c3)ccc1C2(C)C. The summed E-state index contributed by atoms with van der Waals surface area (Å²) in [5.74, 6) is 1.89. The Balaban J connectivity index is 1.18. The zero-order chi connectivity index (χ0) is 33.1. The van der Waals surface area contributed by atoms with E-state index in [1.807, 2.05) is 12.1 Å². The van der Waals surface area contributed by atoms with Gasteiger partial charge in [0.25, 0.3) is 0 Å². The third kappa shape index (κ3) is 4.87. The van der Waals surface area contributed by atoms with Crippen molar-refractivity contribution in [3.63, 3.8) is 0 Å². The van der Waals surface area contributed by atoms with Crippen molar-refractivity contribution in [2.24, 2.45) is 0 Å². The van der Waals surface area contributed by atoms with Crippen LogP contribution in [0.4, 0.5) is 5.69 Å². The average Bonchev–Trinajstić information content (AvgIpc) is 3.39. The molecule has 0 spiro atoms. The fourth-order valence-electron chi connectivity index (χ4n) is 7.26. The second-order valence-corrected chi connectivity index (χ2v) is 13.2. The van der Waals surface area contributed by atoms with Crippen LogP contribution in [0.25, 0.3) is 82.8 Å². The van der Waals surface area contributed by atoms with Crippen molar-refractivity contribution < 1.29 is 0 Å². The molecule has 4 nitrogen and oxygen atoms in total. The molecule has 0 unspecified atom stereocenters. The van der Waals surface area contributed by atoms with E-state index < -0.39 is 0 Å². The minimum absolute atomic E-state index is 0.130. The van der Waals surface area contributed by atoms with Crippen LogP contribution < -0.4 is 0 Å². The van der Waals surface area contributed by atoms with Gasteiger partial charge in [0.15, 0.2) is 23.2 Å². The van der Waals surface area contributed by atoms with Gasteiger partial charge in [0.1, 0.15) is 0 Å². The van der Waals surface area contributed by atoms with Gasteiger partial charge in [0.05, 0.1) is 6.57 Å². The summed E-state index contributed by atoms with van der Waals surface area (Å²) in [4.78, 5) is 18.9. The van der Waals surface area contributed by atoms with E-state index in [0.717, 1.165) is 44.2 Å². The topological polar surface area (TPSA) is 43.0 Å². The van der Waals surface area contributed by atoms with Gasteiger partial charge in [-0.25, -0.2) is 19.8 Å². The fourth-order valence-corrected chi connectivity index (χ4v) is 7.26. The van der Waals surface area contributed by atoms with Gasteiger partial charge in [-0.15, -0.1) is 0 Å². The molecular weight excluding hydrogens is 597 g/mol. The van der Waals surface area contributed by atoms with E-state index in [0.29, 0.717) is 23.2 Å². The van der Waals surface area contributed by atoms with Gasteiger partial charge in [-0.05, 0) is 85.3 Å². The maximum atomic E-state index is 7.59. The fraction of sp³-hybridized carbons (Fsp3) is 0.0667. The molecule has 9 rings (SSSR count). The molecule has 7 aromatic carbocycles. The van der Waals surface area contributed by atoms with Crippen molar-refractivity contribution in [1.29, 1.82) is 0 Å². The van der Waals surface area contributed by atoms with Crippen LogP contribution in [-0.4, -0.2) is 15.0 Å². The van der Waals surface area contributed by atoms with Crippen LogP contribution in [0.2, 0.25) is 0 Å². The Hall–Kier alpha value is -6.44. The van der Waals surface area contributed by atoms with Crippen LogP contribution in [0.5, 0.6) is 0 Å². The molecule has 1 heterocycles. The van der Waals surface area contributed by atoms with Gasteiger partial charge in [-0.3, -0.25) is 0 Å². The maximum absolute atomic E-state index is 7.59. The Bertz CT molecular complexity index is 2560. The standard InChI is InChI=1S/C45H30N4/c1-45(2)40-21-19-33(26-38(40)39-27-37(46-3)20-22-41(39)45)32-13-8-14-34(25-32)42-47-43(35-17-15-28-9-4-6-11-30(28)23-35)49-44(48-42)36-18-16-29-10-5-7-12-31(29)24-36/h4-27H,1-2H3. The van der Waals surface area contributed by atoms with Gasteiger partial charge < -0.3 is 0 Å². The molecule has 49 heavy (non-hydrogen) atoms. The van der Waals surface area contributed by atoms with E-state index in [4.69, 9.17) is 21.5 Å². The summed E-state index contributed by atoms with van der Waals surface area (Å²) < 4.78 is 0. The molecule has 0 aliphatic heterocycles. The second kappa shape index (κ2) is 11.1. The van der Waals surface area contributed by atoms with E-state index in [1.54, 1.807) is 0 Å². The molecule has 8 aromatic rings. The van der Waals surface area contributed by atoms with E-state index in [2.05, 4.69) is 152 Å². The Kier molecular flexibility index (Phi) is 6.50. The first kappa shape index (κ1) is 28.8. The Morgan fingerprint density at radius 1 is 0.429 bits per heavy atom. The Morgan fingerprint density at radius 2 is 0.898 bits per heavy atom. The van der Waals surface area contributed by atoms with Gasteiger partial charge in [-0.1, -0.05) is 129 Å². The van der Waals surface area contributed by atoms with Gasteiger partial charge in [-0.2, -0.15) is 0 Å². The highest BCUT2D eigenvalue weighted by molar-refractivity contribution is 5.89. The molecule has 0 N–H and O–H groups in total. The molecule has 4 heteroatoms. The highest BCUT2D eigenvalue weighted by atomic mass is 15.0. The molecule has 1 aliphatic rings. The summed E-state index contributed by atoms with van der Waals surface area (Å²) in [6.45, 7) is 12.1. The second-order valence-electron chi connectivity index (χ2n) is 13.2. The first-order valence-electron chi connectivity index (χ1n) is 16.5. The zero-order valence-corrected chi connectivity index (χ0v) is 27.1. The van der Waals surface area contributed by atoms with E-state index in [9.17, 15) is 0 Å². The third-order valence-corrected chi connectivity index (χ3v) is 9.89. The van der Waals surface area contributed by atoms with Gasteiger partial charge in [0.2, 0.25) is 0 Å². The highest BCUT2D eigenvalue weighted by Crippen LogP contribution is 2.50. The van der Waals surface area contributed by atoms with E-state index in [-0.39, 0.29) is 5.41 Å². The largest absolute Gasteiger partial charge is 0.238 e. The van der Waals surface area contributed by atoms with Crippen LogP contribution in [0.15, 0.2) is 146 Å². The molecule has 230 valence electrons. The van der Waals surface area contributed by atoms with Gasteiger partial charge >= 0.3 is 0 Å². The molecule has 1 aliphatic carbocycles. The number of benzene rings is 7. The van der Waals surface area contributed by atoms with Crippen molar-refractivity contribution in [2.75, 3.05) is 0 Å². The molecular formula is C45H30N4. The lowest BCUT2D eigenvalue weighted by molar-refractivity contribution is 0.660. The van der Waals surface area contributed by atoms with Crippen molar-refractivity contribution in [3.8, 4) is 56.4 Å². The summed E-state index contributed by atoms with van der Waals surface area (Å²) in [5, 5.41) is 4.63. The monoisotopic (exact) mass is 626 g/mol. The molecule has 0 bridgehead atoms. The number of rotatable bonds is 4.